The minimum Gasteiger partial charge on any atom is -0.432 e. The van der Waals surface area contributed by atoms with Gasteiger partial charge in [-0.05, 0) is 12.1 Å². The van der Waals surface area contributed by atoms with E-state index in [0.717, 1.165) is 5.39 Å². The van der Waals surface area contributed by atoms with Crippen molar-refractivity contribution < 1.29 is 14.1 Å². The molecular weight excluding hydrogens is 362 g/mol. The molecule has 9 heteroatoms. The molecule has 0 amide bonds. The van der Waals surface area contributed by atoms with E-state index in [9.17, 15) is 10.1 Å². The summed E-state index contributed by atoms with van der Waals surface area (Å²) < 4.78 is 11.4. The third kappa shape index (κ3) is 2.72. The predicted molar refractivity (Wildman–Crippen MR) is 102 cm³/mol. The first-order valence-corrected chi connectivity index (χ1v) is 8.83. The molecule has 1 saturated heterocycles. The molecule has 0 saturated carbocycles. The maximum Gasteiger partial charge on any atom is 0.270 e. The number of anilines is 1. The molecule has 28 heavy (non-hydrogen) atoms. The molecule has 5 rings (SSSR count). The van der Waals surface area contributed by atoms with E-state index < -0.39 is 4.92 Å². The van der Waals surface area contributed by atoms with E-state index in [1.807, 2.05) is 12.1 Å². The second-order valence-corrected chi connectivity index (χ2v) is 6.41. The number of morpholine rings is 1. The van der Waals surface area contributed by atoms with Crippen molar-refractivity contribution in [3.8, 4) is 11.4 Å². The lowest BCUT2D eigenvalue weighted by Crippen LogP contribution is -2.37. The number of furan rings is 1. The fraction of sp³-hybridized carbons (Fsp3) is 0.211. The van der Waals surface area contributed by atoms with Gasteiger partial charge in [0.15, 0.2) is 17.2 Å². The fourth-order valence-electron chi connectivity index (χ4n) is 3.34. The smallest absolute Gasteiger partial charge is 0.270 e. The van der Waals surface area contributed by atoms with Crippen LogP contribution in [0, 0.1) is 10.1 Å². The summed E-state index contributed by atoms with van der Waals surface area (Å²) in [5.41, 5.74) is 2.25. The van der Waals surface area contributed by atoms with Crippen LogP contribution in [0.2, 0.25) is 0 Å². The molecule has 1 aliphatic heterocycles. The SMILES string of the molecule is O=[N+]([O-])c1cccc(-c2nc(N3CCOCC3)c3oc4ncccc4c3n2)c1. The number of hydrogen-bond acceptors (Lipinski definition) is 8. The number of nitro groups is 1. The molecule has 0 unspecified atom stereocenters. The summed E-state index contributed by atoms with van der Waals surface area (Å²) in [7, 11) is 0. The van der Waals surface area contributed by atoms with Gasteiger partial charge in [-0.15, -0.1) is 0 Å². The van der Waals surface area contributed by atoms with Crippen LogP contribution in [-0.2, 0) is 4.74 Å². The maximum atomic E-state index is 11.2. The second kappa shape index (κ2) is 6.54. The number of pyridine rings is 1. The third-order valence-corrected chi connectivity index (χ3v) is 4.70. The molecule has 1 aromatic carbocycles. The van der Waals surface area contributed by atoms with Crippen molar-refractivity contribution in [1.82, 2.24) is 15.0 Å². The number of benzene rings is 1. The van der Waals surface area contributed by atoms with Gasteiger partial charge in [-0.1, -0.05) is 12.1 Å². The van der Waals surface area contributed by atoms with Gasteiger partial charge in [0, 0.05) is 37.0 Å². The summed E-state index contributed by atoms with van der Waals surface area (Å²) in [6.45, 7) is 2.53. The maximum absolute atomic E-state index is 11.2. The highest BCUT2D eigenvalue weighted by atomic mass is 16.6. The fourth-order valence-corrected chi connectivity index (χ4v) is 3.34. The van der Waals surface area contributed by atoms with Crippen LogP contribution in [0.4, 0.5) is 11.5 Å². The van der Waals surface area contributed by atoms with E-state index in [2.05, 4.69) is 14.9 Å². The van der Waals surface area contributed by atoms with Crippen molar-refractivity contribution in [1.29, 1.82) is 0 Å². The molecule has 0 bridgehead atoms. The van der Waals surface area contributed by atoms with Gasteiger partial charge in [0.1, 0.15) is 5.52 Å². The van der Waals surface area contributed by atoms with Crippen molar-refractivity contribution in [3.63, 3.8) is 0 Å². The average molecular weight is 377 g/mol. The highest BCUT2D eigenvalue weighted by Gasteiger charge is 2.23. The lowest BCUT2D eigenvalue weighted by Gasteiger charge is -2.27. The van der Waals surface area contributed by atoms with Crippen LogP contribution in [0.5, 0.6) is 0 Å². The topological polar surface area (TPSA) is 107 Å². The molecule has 1 aliphatic rings. The highest BCUT2D eigenvalue weighted by Crippen LogP contribution is 2.34. The van der Waals surface area contributed by atoms with Crippen LogP contribution >= 0.6 is 0 Å². The predicted octanol–water partition coefficient (Wildman–Crippen LogP) is 3.18. The van der Waals surface area contributed by atoms with Crippen molar-refractivity contribution in [2.24, 2.45) is 0 Å². The average Bonchev–Trinajstić information content (AvgIpc) is 3.12. The summed E-state index contributed by atoms with van der Waals surface area (Å²) in [6.07, 6.45) is 1.66. The Kier molecular flexibility index (Phi) is 3.87. The first-order chi connectivity index (χ1) is 13.7. The van der Waals surface area contributed by atoms with Crippen LogP contribution in [0.1, 0.15) is 0 Å². The van der Waals surface area contributed by atoms with Crippen molar-refractivity contribution in [2.75, 3.05) is 31.2 Å². The van der Waals surface area contributed by atoms with Crippen molar-refractivity contribution >= 4 is 33.7 Å². The summed E-state index contributed by atoms with van der Waals surface area (Å²) in [5.74, 6) is 1.05. The Balaban J connectivity index is 1.76. The van der Waals surface area contributed by atoms with Crippen LogP contribution in [0.15, 0.2) is 47.0 Å². The summed E-state index contributed by atoms with van der Waals surface area (Å²) in [6, 6.07) is 10.0. The molecule has 0 aliphatic carbocycles. The van der Waals surface area contributed by atoms with Crippen LogP contribution in [0.3, 0.4) is 0 Å². The van der Waals surface area contributed by atoms with Crippen LogP contribution in [-0.4, -0.2) is 46.2 Å². The van der Waals surface area contributed by atoms with Crippen LogP contribution in [0.25, 0.3) is 33.6 Å². The second-order valence-electron chi connectivity index (χ2n) is 6.41. The summed E-state index contributed by atoms with van der Waals surface area (Å²) >= 11 is 0. The summed E-state index contributed by atoms with van der Waals surface area (Å²) in [4.78, 5) is 26.5. The minimum absolute atomic E-state index is 0.00663. The van der Waals surface area contributed by atoms with Crippen molar-refractivity contribution in [3.05, 3.63) is 52.7 Å². The molecule has 9 nitrogen and oxygen atoms in total. The molecule has 0 N–H and O–H groups in total. The Morgan fingerprint density at radius 1 is 1.11 bits per heavy atom. The van der Waals surface area contributed by atoms with Gasteiger partial charge in [-0.2, -0.15) is 0 Å². The van der Waals surface area contributed by atoms with Gasteiger partial charge >= 0.3 is 0 Å². The van der Waals surface area contributed by atoms with Gasteiger partial charge < -0.3 is 14.1 Å². The molecular formula is C19H15N5O4. The molecule has 4 heterocycles. The Bertz CT molecular complexity index is 1200. The molecule has 1 fully saturated rings. The number of nitro benzene ring substituents is 1. The standard InChI is InChI=1S/C19H15N5O4/c25-24(26)13-4-1-3-12(11-13)17-21-15-14-5-2-6-20-19(14)28-16(15)18(22-17)23-7-9-27-10-8-23/h1-6,11H,7-10H2. The van der Waals surface area contributed by atoms with Gasteiger partial charge in [-0.25, -0.2) is 15.0 Å². The zero-order valence-electron chi connectivity index (χ0n) is 14.7. The van der Waals surface area contributed by atoms with Gasteiger partial charge in [0.25, 0.3) is 5.69 Å². The number of nitrogens with zero attached hydrogens (tertiary/aromatic N) is 5. The third-order valence-electron chi connectivity index (χ3n) is 4.70. The number of rotatable bonds is 3. The van der Waals surface area contributed by atoms with E-state index in [4.69, 9.17) is 14.1 Å². The molecule has 140 valence electrons. The van der Waals surface area contributed by atoms with Gasteiger partial charge in [-0.3, -0.25) is 10.1 Å². The van der Waals surface area contributed by atoms with Crippen LogP contribution < -0.4 is 4.90 Å². The first-order valence-electron chi connectivity index (χ1n) is 8.83. The first kappa shape index (κ1) is 16.6. The lowest BCUT2D eigenvalue weighted by molar-refractivity contribution is -0.384. The quantitative estimate of drug-likeness (QED) is 0.396. The van der Waals surface area contributed by atoms with E-state index in [1.54, 1.807) is 18.3 Å². The molecule has 0 spiro atoms. The van der Waals surface area contributed by atoms with E-state index in [0.29, 0.717) is 60.3 Å². The normalized spacial score (nSPS) is 14.6. The largest absolute Gasteiger partial charge is 0.432 e. The van der Waals surface area contributed by atoms with Gasteiger partial charge in [0.05, 0.1) is 23.5 Å². The highest BCUT2D eigenvalue weighted by molar-refractivity contribution is 6.05. The van der Waals surface area contributed by atoms with Gasteiger partial charge in [0.2, 0.25) is 5.71 Å². The lowest BCUT2D eigenvalue weighted by atomic mass is 10.2. The number of aromatic nitrogens is 3. The Morgan fingerprint density at radius 3 is 2.79 bits per heavy atom. The van der Waals surface area contributed by atoms with E-state index >= 15 is 0 Å². The Labute approximate surface area is 158 Å². The zero-order valence-corrected chi connectivity index (χ0v) is 14.7. The summed E-state index contributed by atoms with van der Waals surface area (Å²) in [5, 5.41) is 11.9. The zero-order chi connectivity index (χ0) is 19.1. The molecule has 4 aromatic rings. The Morgan fingerprint density at radius 2 is 1.96 bits per heavy atom. The number of hydrogen-bond donors (Lipinski definition) is 0. The molecule has 0 radical (unpaired) electrons. The number of non-ortho nitro benzene ring substituents is 1. The molecule has 3 aromatic heterocycles. The molecule has 0 atom stereocenters. The Hall–Kier alpha value is -3.59. The van der Waals surface area contributed by atoms with E-state index in [1.165, 1.54) is 12.1 Å². The van der Waals surface area contributed by atoms with Crippen molar-refractivity contribution in [2.45, 2.75) is 0 Å². The van der Waals surface area contributed by atoms with E-state index in [-0.39, 0.29) is 5.69 Å². The number of fused-ring (bicyclic) bond motifs is 3. The minimum atomic E-state index is -0.428. The monoisotopic (exact) mass is 377 g/mol. The number of ether oxygens (including phenoxy) is 1.